The van der Waals surface area contributed by atoms with E-state index in [-0.39, 0.29) is 22.8 Å². The molecule has 1 saturated heterocycles. The predicted molar refractivity (Wildman–Crippen MR) is 140 cm³/mol. The molecule has 192 valence electrons. The van der Waals surface area contributed by atoms with Gasteiger partial charge in [0.2, 0.25) is 10.0 Å². The van der Waals surface area contributed by atoms with E-state index in [2.05, 4.69) is 0 Å². The zero-order chi connectivity index (χ0) is 26.7. The summed E-state index contributed by atoms with van der Waals surface area (Å²) in [6, 6.07) is 18.5. The van der Waals surface area contributed by atoms with Gasteiger partial charge in [-0.25, -0.2) is 13.6 Å². The average molecular weight is 541 g/mol. The molecule has 8 nitrogen and oxygen atoms in total. The van der Waals surface area contributed by atoms with E-state index >= 15 is 0 Å². The van der Waals surface area contributed by atoms with Crippen LogP contribution in [-0.4, -0.2) is 43.3 Å². The zero-order valence-electron chi connectivity index (χ0n) is 19.9. The molecular formula is C27H25ClN2O6S. The molecule has 3 N–H and O–H groups in total. The number of Topliss-reactive ketones (excluding diaryl/α,β-unsaturated/α-hetero) is 1. The van der Waals surface area contributed by atoms with E-state index in [1.165, 1.54) is 17.0 Å². The van der Waals surface area contributed by atoms with E-state index in [1.807, 2.05) is 6.92 Å². The fourth-order valence-electron chi connectivity index (χ4n) is 4.26. The van der Waals surface area contributed by atoms with Gasteiger partial charge in [-0.05, 0) is 66.9 Å². The van der Waals surface area contributed by atoms with Gasteiger partial charge in [0.25, 0.3) is 11.7 Å². The van der Waals surface area contributed by atoms with Crippen LogP contribution < -0.4 is 9.88 Å². The first-order valence-corrected chi connectivity index (χ1v) is 13.4. The van der Waals surface area contributed by atoms with Crippen LogP contribution in [0.4, 0.5) is 0 Å². The highest BCUT2D eigenvalue weighted by atomic mass is 35.5. The minimum Gasteiger partial charge on any atom is -0.507 e. The number of primary sulfonamides is 1. The minimum atomic E-state index is -3.83. The van der Waals surface area contributed by atoms with Crippen molar-refractivity contribution in [2.24, 2.45) is 5.14 Å². The van der Waals surface area contributed by atoms with Crippen LogP contribution in [0.15, 0.2) is 83.3 Å². The molecule has 1 atom stereocenters. The number of aliphatic hydroxyl groups is 1. The first kappa shape index (κ1) is 26.4. The number of benzene rings is 3. The lowest BCUT2D eigenvalue weighted by Crippen LogP contribution is -2.31. The fourth-order valence-corrected chi connectivity index (χ4v) is 5.01. The van der Waals surface area contributed by atoms with Crippen LogP contribution in [0.2, 0.25) is 5.02 Å². The van der Waals surface area contributed by atoms with Crippen LogP contribution in [0.25, 0.3) is 5.76 Å². The van der Waals surface area contributed by atoms with Gasteiger partial charge >= 0.3 is 0 Å². The van der Waals surface area contributed by atoms with Crippen molar-refractivity contribution in [2.75, 3.05) is 13.2 Å². The molecule has 4 rings (SSSR count). The lowest BCUT2D eigenvalue weighted by Gasteiger charge is -2.26. The number of likely N-dealkylation sites (tertiary alicyclic amines) is 1. The first-order chi connectivity index (χ1) is 17.6. The smallest absolute Gasteiger partial charge is 0.295 e. The number of halogens is 1. The SMILES string of the molecule is CCOc1ccc(C(O)=C2C(=O)C(=O)N(CCc3ccc(S(N)(=O)=O)cc3)C2c2ccccc2Cl)cc1. The molecule has 1 amide bonds. The second-order valence-corrected chi connectivity index (χ2v) is 10.4. The molecule has 1 aliphatic heterocycles. The van der Waals surface area contributed by atoms with Gasteiger partial charge in [0.1, 0.15) is 11.5 Å². The van der Waals surface area contributed by atoms with Crippen molar-refractivity contribution in [3.05, 3.63) is 100 Å². The molecule has 1 unspecified atom stereocenters. The number of ketones is 1. The molecule has 10 heteroatoms. The third-order valence-corrected chi connectivity index (χ3v) is 7.35. The van der Waals surface area contributed by atoms with Gasteiger partial charge < -0.3 is 14.7 Å². The Bertz CT molecular complexity index is 1470. The van der Waals surface area contributed by atoms with Crippen LogP contribution in [0.5, 0.6) is 5.75 Å². The predicted octanol–water partition coefficient (Wildman–Crippen LogP) is 4.05. The number of rotatable bonds is 8. The number of hydrogen-bond donors (Lipinski definition) is 2. The van der Waals surface area contributed by atoms with Crippen molar-refractivity contribution >= 4 is 39.1 Å². The van der Waals surface area contributed by atoms with Crippen LogP contribution >= 0.6 is 11.6 Å². The number of sulfonamides is 1. The van der Waals surface area contributed by atoms with E-state index in [1.54, 1.807) is 60.7 Å². The van der Waals surface area contributed by atoms with Crippen LogP contribution in [-0.2, 0) is 26.0 Å². The molecule has 1 fully saturated rings. The van der Waals surface area contributed by atoms with Gasteiger partial charge in [-0.3, -0.25) is 9.59 Å². The van der Waals surface area contributed by atoms with Crippen LogP contribution in [0, 0.1) is 0 Å². The van der Waals surface area contributed by atoms with Crippen molar-refractivity contribution in [1.29, 1.82) is 0 Å². The molecule has 3 aromatic carbocycles. The number of ether oxygens (including phenoxy) is 1. The lowest BCUT2D eigenvalue weighted by atomic mass is 9.95. The summed E-state index contributed by atoms with van der Waals surface area (Å²) in [6.07, 6.45) is 0.321. The van der Waals surface area contributed by atoms with Crippen molar-refractivity contribution in [1.82, 2.24) is 4.90 Å². The molecule has 0 spiro atoms. The van der Waals surface area contributed by atoms with Gasteiger partial charge in [0, 0.05) is 17.1 Å². The molecule has 37 heavy (non-hydrogen) atoms. The number of nitrogens with two attached hydrogens (primary N) is 1. The van der Waals surface area contributed by atoms with Gasteiger partial charge in [0.05, 0.1) is 23.1 Å². The molecule has 0 saturated carbocycles. The first-order valence-electron chi connectivity index (χ1n) is 11.5. The summed E-state index contributed by atoms with van der Waals surface area (Å²) in [6.45, 7) is 2.45. The Kier molecular flexibility index (Phi) is 7.68. The number of aliphatic hydroxyl groups excluding tert-OH is 1. The standard InChI is InChI=1S/C27H25ClN2O6S/c1-2-36-19-11-9-18(10-12-19)25(31)23-24(21-5-3-4-6-22(21)28)30(27(33)26(23)32)16-15-17-7-13-20(14-8-17)37(29,34)35/h3-14,24,31H,2,15-16H2,1H3,(H2,29,34,35). The maximum absolute atomic E-state index is 13.2. The van der Waals surface area contributed by atoms with E-state index in [0.717, 1.165) is 5.56 Å². The Morgan fingerprint density at radius 1 is 1.03 bits per heavy atom. The van der Waals surface area contributed by atoms with Gasteiger partial charge in [-0.15, -0.1) is 0 Å². The van der Waals surface area contributed by atoms with Crippen molar-refractivity contribution in [3.63, 3.8) is 0 Å². The topological polar surface area (TPSA) is 127 Å². The van der Waals surface area contributed by atoms with E-state index in [4.69, 9.17) is 21.5 Å². The fraction of sp³-hybridized carbons (Fsp3) is 0.185. The van der Waals surface area contributed by atoms with Crippen LogP contribution in [0.3, 0.4) is 0 Å². The number of amides is 1. The quantitative estimate of drug-likeness (QED) is 0.252. The number of nitrogens with zero attached hydrogens (tertiary/aromatic N) is 1. The molecular weight excluding hydrogens is 516 g/mol. The normalized spacial score (nSPS) is 17.3. The number of hydrogen-bond acceptors (Lipinski definition) is 6. The Morgan fingerprint density at radius 2 is 1.68 bits per heavy atom. The van der Waals surface area contributed by atoms with Gasteiger partial charge in [-0.1, -0.05) is 41.9 Å². The van der Waals surface area contributed by atoms with Crippen molar-refractivity contribution < 1.29 is 27.9 Å². The molecule has 0 aliphatic carbocycles. The molecule has 0 aromatic heterocycles. The van der Waals surface area contributed by atoms with E-state index in [0.29, 0.717) is 34.9 Å². The Balaban J connectivity index is 1.72. The second kappa shape index (κ2) is 10.8. The maximum atomic E-state index is 13.2. The van der Waals surface area contributed by atoms with Crippen molar-refractivity contribution in [2.45, 2.75) is 24.3 Å². The molecule has 0 bridgehead atoms. The highest BCUT2D eigenvalue weighted by Gasteiger charge is 2.46. The molecule has 0 radical (unpaired) electrons. The molecule has 1 aliphatic rings. The van der Waals surface area contributed by atoms with E-state index < -0.39 is 27.8 Å². The van der Waals surface area contributed by atoms with Gasteiger partial charge in [-0.2, -0.15) is 0 Å². The average Bonchev–Trinajstić information content (AvgIpc) is 3.12. The number of carbonyl (C=O) groups excluding carboxylic acids is 2. The number of carbonyl (C=O) groups is 2. The highest BCUT2D eigenvalue weighted by molar-refractivity contribution is 7.89. The molecule has 1 heterocycles. The molecule has 3 aromatic rings. The van der Waals surface area contributed by atoms with Crippen molar-refractivity contribution in [3.8, 4) is 5.75 Å². The van der Waals surface area contributed by atoms with Crippen LogP contribution in [0.1, 0.15) is 29.7 Å². The third-order valence-electron chi connectivity index (χ3n) is 6.07. The summed E-state index contributed by atoms with van der Waals surface area (Å²) >= 11 is 6.48. The Morgan fingerprint density at radius 3 is 2.27 bits per heavy atom. The van der Waals surface area contributed by atoms with Gasteiger partial charge in [0.15, 0.2) is 0 Å². The summed E-state index contributed by atoms with van der Waals surface area (Å²) in [5, 5.41) is 16.7. The summed E-state index contributed by atoms with van der Waals surface area (Å²) < 4.78 is 28.5. The maximum Gasteiger partial charge on any atom is 0.295 e. The lowest BCUT2D eigenvalue weighted by molar-refractivity contribution is -0.139. The largest absolute Gasteiger partial charge is 0.507 e. The zero-order valence-corrected chi connectivity index (χ0v) is 21.5. The Hall–Kier alpha value is -3.66. The summed E-state index contributed by atoms with van der Waals surface area (Å²) in [5.41, 5.74) is 1.53. The third kappa shape index (κ3) is 5.53. The monoisotopic (exact) mass is 540 g/mol. The van der Waals surface area contributed by atoms with E-state index in [9.17, 15) is 23.1 Å². The highest BCUT2D eigenvalue weighted by Crippen LogP contribution is 2.42. The summed E-state index contributed by atoms with van der Waals surface area (Å²) in [5.74, 6) is -1.29. The summed E-state index contributed by atoms with van der Waals surface area (Å²) in [4.78, 5) is 27.7. The summed E-state index contributed by atoms with van der Waals surface area (Å²) in [7, 11) is -3.83. The Labute approximate surface area is 220 Å². The second-order valence-electron chi connectivity index (χ2n) is 8.41. The minimum absolute atomic E-state index is 0.0249.